The number of halogens is 3. The van der Waals surface area contributed by atoms with Gasteiger partial charge in [-0.3, -0.25) is 0 Å². The molecule has 2 aromatic rings. The topological polar surface area (TPSA) is 69.9 Å². The van der Waals surface area contributed by atoms with Gasteiger partial charge in [0.25, 0.3) is 0 Å². The highest BCUT2D eigenvalue weighted by Crippen LogP contribution is 2.31. The molecule has 1 aromatic heterocycles. The quantitative estimate of drug-likeness (QED) is 0.812. The van der Waals surface area contributed by atoms with Gasteiger partial charge in [-0.2, -0.15) is 13.2 Å². The average Bonchev–Trinajstić information content (AvgIpc) is 2.94. The summed E-state index contributed by atoms with van der Waals surface area (Å²) in [6.07, 6.45) is -4.45. The van der Waals surface area contributed by atoms with Gasteiger partial charge in [-0.25, -0.2) is 4.79 Å². The lowest BCUT2D eigenvalue weighted by molar-refractivity contribution is -0.144. The second-order valence-corrected chi connectivity index (χ2v) is 4.21. The zero-order chi connectivity index (χ0) is 15.6. The van der Waals surface area contributed by atoms with E-state index in [2.05, 4.69) is 20.1 Å². The molecule has 2 rings (SSSR count). The summed E-state index contributed by atoms with van der Waals surface area (Å²) in [6, 6.07) is 3.74. The number of aromatic nitrogens is 4. The smallest absolute Gasteiger partial charge is 0.416 e. The van der Waals surface area contributed by atoms with Crippen molar-refractivity contribution >= 4 is 5.97 Å². The minimum absolute atomic E-state index is 0.00291. The number of methoxy groups -OCH3 is 1. The number of benzene rings is 1. The molecule has 0 spiro atoms. The Hall–Kier alpha value is -2.45. The van der Waals surface area contributed by atoms with Crippen LogP contribution in [0.5, 0.6) is 0 Å². The normalized spacial score (nSPS) is 13.0. The van der Waals surface area contributed by atoms with E-state index in [0.29, 0.717) is 0 Å². The number of nitrogens with zero attached hydrogens (tertiary/aromatic N) is 4. The molecule has 0 aliphatic rings. The number of carbonyl (C=O) groups excluding carboxylic acids is 1. The zero-order valence-corrected chi connectivity index (χ0v) is 11.1. The van der Waals surface area contributed by atoms with Crippen LogP contribution in [0.25, 0.3) is 11.4 Å². The molecule has 0 saturated carbocycles. The summed E-state index contributed by atoms with van der Waals surface area (Å²) in [6.45, 7) is 1.49. The van der Waals surface area contributed by atoms with Gasteiger partial charge in [0.1, 0.15) is 0 Å². The molecule has 1 heterocycles. The molecule has 1 atom stereocenters. The van der Waals surface area contributed by atoms with Crippen molar-refractivity contribution in [3.05, 3.63) is 29.8 Å². The van der Waals surface area contributed by atoms with Crippen molar-refractivity contribution in [2.24, 2.45) is 0 Å². The molecule has 0 fully saturated rings. The van der Waals surface area contributed by atoms with E-state index in [1.165, 1.54) is 26.2 Å². The molecule has 21 heavy (non-hydrogen) atoms. The predicted molar refractivity (Wildman–Crippen MR) is 65.0 cm³/mol. The van der Waals surface area contributed by atoms with E-state index < -0.39 is 23.8 Å². The van der Waals surface area contributed by atoms with Crippen LogP contribution < -0.4 is 0 Å². The number of rotatable bonds is 3. The largest absolute Gasteiger partial charge is 0.467 e. The molecule has 0 radical (unpaired) electrons. The SMILES string of the molecule is COC(=O)C(C)n1nnc(-c2cccc(C(F)(F)F)c2)n1. The van der Waals surface area contributed by atoms with Gasteiger partial charge in [0, 0.05) is 5.56 Å². The highest BCUT2D eigenvalue weighted by atomic mass is 19.4. The molecule has 0 saturated heterocycles. The fourth-order valence-electron chi connectivity index (χ4n) is 1.60. The average molecular weight is 300 g/mol. The summed E-state index contributed by atoms with van der Waals surface area (Å²) in [7, 11) is 1.21. The van der Waals surface area contributed by atoms with Gasteiger partial charge in [-0.1, -0.05) is 12.1 Å². The lowest BCUT2D eigenvalue weighted by Gasteiger charge is -2.07. The first-order valence-corrected chi connectivity index (χ1v) is 5.88. The Labute approximate surface area is 117 Å². The first-order valence-electron chi connectivity index (χ1n) is 5.88. The summed E-state index contributed by atoms with van der Waals surface area (Å²) in [5.41, 5.74) is -0.648. The summed E-state index contributed by atoms with van der Waals surface area (Å²) in [5, 5.41) is 11.2. The first kappa shape index (κ1) is 14.9. The molecule has 0 bridgehead atoms. The van der Waals surface area contributed by atoms with Gasteiger partial charge in [-0.05, 0) is 24.3 Å². The van der Waals surface area contributed by atoms with E-state index in [-0.39, 0.29) is 11.4 Å². The maximum absolute atomic E-state index is 12.6. The van der Waals surface area contributed by atoms with Crippen LogP contribution in [0, 0.1) is 0 Å². The molecule has 0 aliphatic carbocycles. The summed E-state index contributed by atoms with van der Waals surface area (Å²) >= 11 is 0. The third-order valence-electron chi connectivity index (χ3n) is 2.77. The van der Waals surface area contributed by atoms with Gasteiger partial charge in [0.05, 0.1) is 12.7 Å². The predicted octanol–water partition coefficient (Wildman–Crippen LogP) is 2.09. The molecule has 9 heteroatoms. The zero-order valence-electron chi connectivity index (χ0n) is 11.1. The van der Waals surface area contributed by atoms with Crippen LogP contribution in [0.3, 0.4) is 0 Å². The van der Waals surface area contributed by atoms with Crippen LogP contribution in [-0.2, 0) is 15.7 Å². The van der Waals surface area contributed by atoms with E-state index in [4.69, 9.17) is 0 Å². The van der Waals surface area contributed by atoms with Gasteiger partial charge < -0.3 is 4.74 Å². The van der Waals surface area contributed by atoms with Crippen molar-refractivity contribution < 1.29 is 22.7 Å². The molecule has 1 aromatic carbocycles. The highest BCUT2D eigenvalue weighted by molar-refractivity contribution is 5.73. The van der Waals surface area contributed by atoms with E-state index in [1.807, 2.05) is 0 Å². The number of alkyl halides is 3. The van der Waals surface area contributed by atoms with Crippen LogP contribution in [0.4, 0.5) is 13.2 Å². The molecular weight excluding hydrogens is 289 g/mol. The van der Waals surface area contributed by atoms with E-state index in [9.17, 15) is 18.0 Å². The van der Waals surface area contributed by atoms with E-state index in [0.717, 1.165) is 16.9 Å². The second-order valence-electron chi connectivity index (χ2n) is 4.21. The minimum atomic E-state index is -4.45. The number of tetrazole rings is 1. The molecule has 0 N–H and O–H groups in total. The van der Waals surface area contributed by atoms with Crippen LogP contribution in [0.1, 0.15) is 18.5 Å². The van der Waals surface area contributed by atoms with E-state index in [1.54, 1.807) is 0 Å². The summed E-state index contributed by atoms with van der Waals surface area (Å²) in [4.78, 5) is 12.3. The number of hydrogen-bond acceptors (Lipinski definition) is 5. The minimum Gasteiger partial charge on any atom is -0.467 e. The Morgan fingerprint density at radius 1 is 1.38 bits per heavy atom. The molecule has 6 nitrogen and oxygen atoms in total. The number of carbonyl (C=O) groups is 1. The maximum atomic E-state index is 12.6. The number of ether oxygens (including phenoxy) is 1. The lowest BCUT2D eigenvalue weighted by atomic mass is 10.1. The molecular formula is C12H11F3N4O2. The number of esters is 1. The molecule has 112 valence electrons. The number of hydrogen-bond donors (Lipinski definition) is 0. The molecule has 0 amide bonds. The third kappa shape index (κ3) is 3.18. The van der Waals surface area contributed by atoms with Crippen molar-refractivity contribution in [2.75, 3.05) is 7.11 Å². The standard InChI is InChI=1S/C12H11F3N4O2/c1-7(11(20)21-2)19-17-10(16-18-19)8-4-3-5-9(6-8)12(13,14)15/h3-7H,1-2H3. The van der Waals surface area contributed by atoms with Crippen LogP contribution in [0.15, 0.2) is 24.3 Å². The monoisotopic (exact) mass is 300 g/mol. The fraction of sp³-hybridized carbons (Fsp3) is 0.333. The van der Waals surface area contributed by atoms with Gasteiger partial charge in [-0.15, -0.1) is 15.0 Å². The van der Waals surface area contributed by atoms with Gasteiger partial charge in [0.15, 0.2) is 6.04 Å². The van der Waals surface area contributed by atoms with Gasteiger partial charge in [0.2, 0.25) is 5.82 Å². The Morgan fingerprint density at radius 2 is 2.10 bits per heavy atom. The maximum Gasteiger partial charge on any atom is 0.416 e. The Morgan fingerprint density at radius 3 is 2.71 bits per heavy atom. The summed E-state index contributed by atoms with van der Waals surface area (Å²) in [5.74, 6) is -0.583. The highest BCUT2D eigenvalue weighted by Gasteiger charge is 2.30. The Bertz CT molecular complexity index is 654. The summed E-state index contributed by atoms with van der Waals surface area (Å²) < 4.78 is 42.5. The Balaban J connectivity index is 2.32. The van der Waals surface area contributed by atoms with Crippen molar-refractivity contribution in [1.82, 2.24) is 20.2 Å². The van der Waals surface area contributed by atoms with E-state index >= 15 is 0 Å². The first-order chi connectivity index (χ1) is 9.82. The van der Waals surface area contributed by atoms with Crippen LogP contribution >= 0.6 is 0 Å². The molecule has 0 aliphatic heterocycles. The van der Waals surface area contributed by atoms with Crippen molar-refractivity contribution in [2.45, 2.75) is 19.1 Å². The Kier molecular flexibility index (Phi) is 3.92. The van der Waals surface area contributed by atoms with Crippen molar-refractivity contribution in [1.29, 1.82) is 0 Å². The van der Waals surface area contributed by atoms with Crippen molar-refractivity contribution in [3.63, 3.8) is 0 Å². The van der Waals surface area contributed by atoms with Crippen LogP contribution in [-0.4, -0.2) is 33.3 Å². The molecule has 1 unspecified atom stereocenters. The fourth-order valence-corrected chi connectivity index (χ4v) is 1.60. The third-order valence-corrected chi connectivity index (χ3v) is 2.77. The van der Waals surface area contributed by atoms with Gasteiger partial charge >= 0.3 is 12.1 Å². The second kappa shape index (κ2) is 5.51. The van der Waals surface area contributed by atoms with Crippen molar-refractivity contribution in [3.8, 4) is 11.4 Å². The van der Waals surface area contributed by atoms with Crippen LogP contribution in [0.2, 0.25) is 0 Å². The lowest BCUT2D eigenvalue weighted by Crippen LogP contribution is -2.20.